The van der Waals surface area contributed by atoms with Crippen molar-refractivity contribution in [2.75, 3.05) is 20.1 Å². The highest BCUT2D eigenvalue weighted by molar-refractivity contribution is 6.31. The molecular weight excluding hydrogens is 266 g/mol. The monoisotopic (exact) mass is 283 g/mol. The second-order valence-electron chi connectivity index (χ2n) is 4.17. The fraction of sp³-hybridized carbons (Fsp3) is 0.385. The van der Waals surface area contributed by atoms with Crippen molar-refractivity contribution in [1.29, 1.82) is 0 Å². The summed E-state index contributed by atoms with van der Waals surface area (Å²) in [6, 6.07) is 6.98. The third-order valence-electron chi connectivity index (χ3n) is 2.40. The minimum atomic E-state index is -0.473. The number of carbonyl (C=O) groups excluding carboxylic acids is 2. The van der Waals surface area contributed by atoms with E-state index in [2.05, 4.69) is 10.6 Å². The summed E-state index contributed by atoms with van der Waals surface area (Å²) in [6.45, 7) is 2.94. The Balaban J connectivity index is 2.43. The molecular formula is C13H18ClN3O2. The van der Waals surface area contributed by atoms with Crippen LogP contribution in [0.15, 0.2) is 24.3 Å². The second-order valence-corrected chi connectivity index (χ2v) is 4.58. The number of imide groups is 1. The van der Waals surface area contributed by atoms with E-state index in [1.54, 1.807) is 24.9 Å². The first-order valence-electron chi connectivity index (χ1n) is 6.02. The highest BCUT2D eigenvalue weighted by Crippen LogP contribution is 2.16. The highest BCUT2D eigenvalue weighted by Gasteiger charge is 2.11. The van der Waals surface area contributed by atoms with Crippen LogP contribution in [0, 0.1) is 0 Å². The van der Waals surface area contributed by atoms with E-state index in [-0.39, 0.29) is 12.5 Å². The van der Waals surface area contributed by atoms with E-state index in [1.807, 2.05) is 18.2 Å². The molecule has 0 spiro atoms. The summed E-state index contributed by atoms with van der Waals surface area (Å²) in [5.41, 5.74) is 0.942. The first-order chi connectivity index (χ1) is 9.02. The molecule has 0 radical (unpaired) electrons. The lowest BCUT2D eigenvalue weighted by Gasteiger charge is -2.16. The maximum Gasteiger partial charge on any atom is 0.321 e. The summed E-state index contributed by atoms with van der Waals surface area (Å²) in [4.78, 5) is 24.5. The Morgan fingerprint density at radius 2 is 2.00 bits per heavy atom. The van der Waals surface area contributed by atoms with Crippen molar-refractivity contribution in [2.45, 2.75) is 13.5 Å². The third kappa shape index (κ3) is 5.72. The van der Waals surface area contributed by atoms with E-state index in [1.165, 1.54) is 0 Å². The predicted molar refractivity (Wildman–Crippen MR) is 75.0 cm³/mol. The number of nitrogens with one attached hydrogen (secondary N) is 2. The summed E-state index contributed by atoms with van der Waals surface area (Å²) in [5, 5.41) is 5.41. The number of halogens is 1. The van der Waals surface area contributed by atoms with Crippen LogP contribution in [0.2, 0.25) is 5.02 Å². The summed E-state index contributed by atoms with van der Waals surface area (Å²) in [7, 11) is 1.79. The Morgan fingerprint density at radius 3 is 2.63 bits per heavy atom. The molecule has 0 aliphatic rings. The Morgan fingerprint density at radius 1 is 1.32 bits per heavy atom. The van der Waals surface area contributed by atoms with Gasteiger partial charge in [-0.3, -0.25) is 15.0 Å². The molecule has 0 aromatic heterocycles. The van der Waals surface area contributed by atoms with Crippen LogP contribution in [-0.2, 0) is 11.3 Å². The number of urea groups is 1. The Labute approximate surface area is 117 Å². The van der Waals surface area contributed by atoms with Gasteiger partial charge in [0.25, 0.3) is 0 Å². The molecule has 0 saturated heterocycles. The molecule has 0 atom stereocenters. The van der Waals surface area contributed by atoms with Crippen molar-refractivity contribution < 1.29 is 9.59 Å². The van der Waals surface area contributed by atoms with Gasteiger partial charge in [0.2, 0.25) is 5.91 Å². The van der Waals surface area contributed by atoms with Gasteiger partial charge in [0.1, 0.15) is 0 Å². The van der Waals surface area contributed by atoms with Gasteiger partial charge in [-0.05, 0) is 25.6 Å². The fourth-order valence-corrected chi connectivity index (χ4v) is 1.78. The zero-order valence-corrected chi connectivity index (χ0v) is 11.8. The Bertz CT molecular complexity index is 451. The van der Waals surface area contributed by atoms with Crippen LogP contribution < -0.4 is 10.6 Å². The number of rotatable bonds is 5. The third-order valence-corrected chi connectivity index (χ3v) is 2.77. The number of hydrogen-bond acceptors (Lipinski definition) is 3. The minimum absolute atomic E-state index is 0.127. The SMILES string of the molecule is CCNC(=O)NC(=O)CN(C)Cc1ccccc1Cl. The van der Waals surface area contributed by atoms with E-state index < -0.39 is 6.03 Å². The van der Waals surface area contributed by atoms with E-state index >= 15 is 0 Å². The number of likely N-dealkylation sites (N-methyl/N-ethyl adjacent to an activating group) is 1. The van der Waals surface area contributed by atoms with Crippen LogP contribution in [-0.4, -0.2) is 37.0 Å². The molecule has 6 heteroatoms. The topological polar surface area (TPSA) is 61.4 Å². The maximum absolute atomic E-state index is 11.6. The molecule has 1 rings (SSSR count). The van der Waals surface area contributed by atoms with Crippen molar-refractivity contribution >= 4 is 23.5 Å². The summed E-state index contributed by atoms with van der Waals surface area (Å²) in [6.07, 6.45) is 0. The van der Waals surface area contributed by atoms with Crippen LogP contribution in [0.5, 0.6) is 0 Å². The molecule has 0 saturated carbocycles. The zero-order valence-electron chi connectivity index (χ0n) is 11.1. The average molecular weight is 284 g/mol. The average Bonchev–Trinajstić information content (AvgIpc) is 2.31. The van der Waals surface area contributed by atoms with E-state index in [0.29, 0.717) is 18.1 Å². The number of amides is 3. The molecule has 0 unspecified atom stereocenters. The van der Waals surface area contributed by atoms with Gasteiger partial charge < -0.3 is 5.32 Å². The molecule has 0 fully saturated rings. The van der Waals surface area contributed by atoms with Gasteiger partial charge in [-0.1, -0.05) is 29.8 Å². The van der Waals surface area contributed by atoms with Crippen LogP contribution >= 0.6 is 11.6 Å². The van der Waals surface area contributed by atoms with Crippen molar-refractivity contribution in [3.05, 3.63) is 34.9 Å². The molecule has 0 aliphatic heterocycles. The largest absolute Gasteiger partial charge is 0.338 e. The number of hydrogen-bond donors (Lipinski definition) is 2. The van der Waals surface area contributed by atoms with Crippen molar-refractivity contribution in [3.8, 4) is 0 Å². The van der Waals surface area contributed by atoms with E-state index in [0.717, 1.165) is 5.56 Å². The molecule has 2 N–H and O–H groups in total. The molecule has 0 bridgehead atoms. The molecule has 1 aromatic rings. The number of benzene rings is 1. The summed E-state index contributed by atoms with van der Waals surface area (Å²) < 4.78 is 0. The minimum Gasteiger partial charge on any atom is -0.338 e. The van der Waals surface area contributed by atoms with Crippen molar-refractivity contribution in [1.82, 2.24) is 15.5 Å². The number of nitrogens with zero attached hydrogens (tertiary/aromatic N) is 1. The summed E-state index contributed by atoms with van der Waals surface area (Å²) in [5.74, 6) is -0.347. The van der Waals surface area contributed by atoms with Gasteiger partial charge >= 0.3 is 6.03 Å². The first-order valence-corrected chi connectivity index (χ1v) is 6.40. The Kier molecular flexibility index (Phi) is 6.32. The summed E-state index contributed by atoms with van der Waals surface area (Å²) >= 11 is 6.04. The van der Waals surface area contributed by atoms with Crippen molar-refractivity contribution in [2.24, 2.45) is 0 Å². The maximum atomic E-state index is 11.6. The number of carbonyl (C=O) groups is 2. The van der Waals surface area contributed by atoms with Crippen LogP contribution in [0.4, 0.5) is 4.79 Å². The van der Waals surface area contributed by atoms with Crippen molar-refractivity contribution in [3.63, 3.8) is 0 Å². The van der Waals surface area contributed by atoms with Gasteiger partial charge in [0.15, 0.2) is 0 Å². The molecule has 19 heavy (non-hydrogen) atoms. The molecule has 1 aromatic carbocycles. The van der Waals surface area contributed by atoms with Gasteiger partial charge in [0.05, 0.1) is 6.54 Å². The highest BCUT2D eigenvalue weighted by atomic mass is 35.5. The smallest absolute Gasteiger partial charge is 0.321 e. The van der Waals surface area contributed by atoms with Crippen LogP contribution in [0.25, 0.3) is 0 Å². The molecule has 0 aliphatic carbocycles. The Hall–Kier alpha value is -1.59. The zero-order chi connectivity index (χ0) is 14.3. The normalized spacial score (nSPS) is 10.3. The van der Waals surface area contributed by atoms with Gasteiger partial charge in [-0.25, -0.2) is 4.79 Å². The standard InChI is InChI=1S/C13H18ClN3O2/c1-3-15-13(19)16-12(18)9-17(2)8-10-6-4-5-7-11(10)14/h4-7H,3,8-9H2,1-2H3,(H2,15,16,18,19). The first kappa shape index (κ1) is 15.5. The molecule has 104 valence electrons. The van der Waals surface area contributed by atoms with Gasteiger partial charge in [0, 0.05) is 18.1 Å². The quantitative estimate of drug-likeness (QED) is 0.863. The lowest BCUT2D eigenvalue weighted by atomic mass is 10.2. The van der Waals surface area contributed by atoms with E-state index in [4.69, 9.17) is 11.6 Å². The van der Waals surface area contributed by atoms with Gasteiger partial charge in [-0.2, -0.15) is 0 Å². The van der Waals surface area contributed by atoms with Crippen LogP contribution in [0.3, 0.4) is 0 Å². The van der Waals surface area contributed by atoms with E-state index in [9.17, 15) is 9.59 Å². The second kappa shape index (κ2) is 7.76. The predicted octanol–water partition coefficient (Wildman–Crippen LogP) is 1.62. The molecule has 5 nitrogen and oxygen atoms in total. The lowest BCUT2D eigenvalue weighted by molar-refractivity contribution is -0.120. The molecule has 0 heterocycles. The van der Waals surface area contributed by atoms with Gasteiger partial charge in [-0.15, -0.1) is 0 Å². The lowest BCUT2D eigenvalue weighted by Crippen LogP contribution is -2.43. The fourth-order valence-electron chi connectivity index (χ4n) is 1.59. The molecule has 3 amide bonds. The van der Waals surface area contributed by atoms with Crippen LogP contribution in [0.1, 0.15) is 12.5 Å².